The number of hydrogen-bond donors (Lipinski definition) is 4. The van der Waals surface area contributed by atoms with Crippen LogP contribution in [0.15, 0.2) is 60.7 Å². The highest BCUT2D eigenvalue weighted by atomic mass is 16.3. The van der Waals surface area contributed by atoms with Gasteiger partial charge in [0.05, 0.1) is 0 Å². The molecule has 0 saturated heterocycles. The molecule has 0 aliphatic rings. The molecular weight excluding hydrogens is 280 g/mol. The van der Waals surface area contributed by atoms with E-state index in [1.165, 1.54) is 24.3 Å². The van der Waals surface area contributed by atoms with Crippen LogP contribution < -0.4 is 0 Å². The van der Waals surface area contributed by atoms with Crippen molar-refractivity contribution in [3.63, 3.8) is 0 Å². The van der Waals surface area contributed by atoms with Crippen LogP contribution in [0.5, 0.6) is 23.0 Å². The minimum absolute atomic E-state index is 0.00594. The maximum absolute atomic E-state index is 9.95. The van der Waals surface area contributed by atoms with E-state index in [4.69, 9.17) is 0 Å². The largest absolute Gasteiger partial charge is 0.508 e. The first kappa shape index (κ1) is 13.8. The van der Waals surface area contributed by atoms with Crippen LogP contribution in [0, 0.1) is 0 Å². The van der Waals surface area contributed by atoms with Gasteiger partial charge in [-0.15, -0.1) is 0 Å². The number of aromatic hydroxyl groups is 4. The summed E-state index contributed by atoms with van der Waals surface area (Å²) in [6, 6.07) is 16.1. The zero-order valence-electron chi connectivity index (χ0n) is 11.6. The topological polar surface area (TPSA) is 80.9 Å². The third-order valence-electron chi connectivity index (χ3n) is 3.45. The number of phenolic OH excluding ortho intramolecular Hbond substituents is 4. The van der Waals surface area contributed by atoms with Gasteiger partial charge in [0.2, 0.25) is 0 Å². The van der Waals surface area contributed by atoms with Crippen LogP contribution in [-0.4, -0.2) is 20.4 Å². The Balaban J connectivity index is 2.10. The summed E-state index contributed by atoms with van der Waals surface area (Å²) in [6.07, 6.45) is 0. The van der Waals surface area contributed by atoms with Crippen LogP contribution in [0.4, 0.5) is 0 Å². The van der Waals surface area contributed by atoms with Crippen molar-refractivity contribution >= 4 is 0 Å². The molecule has 3 rings (SSSR count). The maximum atomic E-state index is 9.95. The Labute approximate surface area is 127 Å². The predicted molar refractivity (Wildman–Crippen MR) is 84.0 cm³/mol. The lowest BCUT2D eigenvalue weighted by molar-refractivity contribution is 0.451. The average molecular weight is 294 g/mol. The molecule has 0 radical (unpaired) electrons. The van der Waals surface area contributed by atoms with E-state index < -0.39 is 0 Å². The quantitative estimate of drug-likeness (QED) is 0.579. The number of benzene rings is 3. The number of phenols is 4. The highest BCUT2D eigenvalue weighted by Gasteiger charge is 2.09. The summed E-state index contributed by atoms with van der Waals surface area (Å²) in [6.45, 7) is 0. The molecular formula is C18H14O4. The molecule has 0 fully saturated rings. The number of hydrogen-bond acceptors (Lipinski definition) is 4. The second-order valence-electron chi connectivity index (χ2n) is 4.98. The van der Waals surface area contributed by atoms with Crippen LogP contribution in [0.25, 0.3) is 22.3 Å². The van der Waals surface area contributed by atoms with E-state index in [-0.39, 0.29) is 23.0 Å². The van der Waals surface area contributed by atoms with E-state index in [1.54, 1.807) is 12.1 Å². The normalized spacial score (nSPS) is 10.5. The maximum Gasteiger partial charge on any atom is 0.127 e. The summed E-state index contributed by atoms with van der Waals surface area (Å²) in [5.74, 6) is -0.0543. The van der Waals surface area contributed by atoms with Gasteiger partial charge in [-0.1, -0.05) is 18.2 Å². The van der Waals surface area contributed by atoms with Gasteiger partial charge in [-0.25, -0.2) is 0 Å². The molecule has 0 amide bonds. The fourth-order valence-corrected chi connectivity index (χ4v) is 2.38. The van der Waals surface area contributed by atoms with Crippen molar-refractivity contribution in [1.29, 1.82) is 0 Å². The van der Waals surface area contributed by atoms with Gasteiger partial charge < -0.3 is 20.4 Å². The Morgan fingerprint density at radius 3 is 1.36 bits per heavy atom. The first-order valence-corrected chi connectivity index (χ1v) is 6.69. The summed E-state index contributed by atoms with van der Waals surface area (Å²) in [7, 11) is 0. The van der Waals surface area contributed by atoms with Gasteiger partial charge >= 0.3 is 0 Å². The first-order chi connectivity index (χ1) is 10.5. The highest BCUT2D eigenvalue weighted by molar-refractivity contribution is 5.79. The van der Waals surface area contributed by atoms with Gasteiger partial charge in [0.1, 0.15) is 23.0 Å². The van der Waals surface area contributed by atoms with Crippen molar-refractivity contribution in [1.82, 2.24) is 0 Å². The van der Waals surface area contributed by atoms with Gasteiger partial charge in [-0.2, -0.15) is 0 Å². The molecule has 110 valence electrons. The molecule has 3 aromatic rings. The van der Waals surface area contributed by atoms with E-state index in [0.29, 0.717) is 11.1 Å². The third kappa shape index (κ3) is 2.54. The Bertz CT molecular complexity index is 773. The van der Waals surface area contributed by atoms with Crippen molar-refractivity contribution < 1.29 is 20.4 Å². The van der Waals surface area contributed by atoms with Gasteiger partial charge in [0.25, 0.3) is 0 Å². The molecule has 0 aliphatic heterocycles. The lowest BCUT2D eigenvalue weighted by Gasteiger charge is -2.09. The molecule has 3 aromatic carbocycles. The fourth-order valence-electron chi connectivity index (χ4n) is 2.38. The second-order valence-corrected chi connectivity index (χ2v) is 4.98. The molecule has 0 heterocycles. The van der Waals surface area contributed by atoms with Crippen LogP contribution in [0.1, 0.15) is 0 Å². The molecule has 4 nitrogen and oxygen atoms in total. The van der Waals surface area contributed by atoms with Crippen LogP contribution in [0.2, 0.25) is 0 Å². The Morgan fingerprint density at radius 1 is 0.500 bits per heavy atom. The Kier molecular flexibility index (Phi) is 3.35. The lowest BCUT2D eigenvalue weighted by atomic mass is 9.98. The van der Waals surface area contributed by atoms with Crippen LogP contribution in [-0.2, 0) is 0 Å². The molecule has 0 aliphatic carbocycles. The third-order valence-corrected chi connectivity index (χ3v) is 3.45. The molecule has 0 saturated carbocycles. The van der Waals surface area contributed by atoms with E-state index in [0.717, 1.165) is 11.1 Å². The van der Waals surface area contributed by atoms with Crippen molar-refractivity contribution in [2.24, 2.45) is 0 Å². The van der Waals surface area contributed by atoms with E-state index in [2.05, 4.69) is 0 Å². The summed E-state index contributed by atoms with van der Waals surface area (Å²) >= 11 is 0. The first-order valence-electron chi connectivity index (χ1n) is 6.69. The van der Waals surface area contributed by atoms with Crippen molar-refractivity contribution in [2.45, 2.75) is 0 Å². The van der Waals surface area contributed by atoms with Crippen molar-refractivity contribution in [2.75, 3.05) is 0 Å². The average Bonchev–Trinajstić information content (AvgIpc) is 2.47. The van der Waals surface area contributed by atoms with Crippen LogP contribution >= 0.6 is 0 Å². The zero-order valence-corrected chi connectivity index (χ0v) is 11.6. The van der Waals surface area contributed by atoms with Crippen molar-refractivity contribution in [3.05, 3.63) is 60.7 Å². The van der Waals surface area contributed by atoms with E-state index >= 15 is 0 Å². The minimum Gasteiger partial charge on any atom is -0.508 e. The smallest absolute Gasteiger partial charge is 0.127 e. The second kappa shape index (κ2) is 5.33. The standard InChI is InChI=1S/C18H14O4/c19-13-4-6-15(17(21)9-13)11-2-1-3-12(8-11)16-7-5-14(20)10-18(16)22/h1-10,19-22H. The lowest BCUT2D eigenvalue weighted by Crippen LogP contribution is -1.83. The van der Waals surface area contributed by atoms with Crippen LogP contribution in [0.3, 0.4) is 0 Å². The fraction of sp³-hybridized carbons (Fsp3) is 0. The molecule has 4 heteroatoms. The highest BCUT2D eigenvalue weighted by Crippen LogP contribution is 2.37. The molecule has 0 bridgehead atoms. The zero-order chi connectivity index (χ0) is 15.7. The molecule has 0 unspecified atom stereocenters. The minimum atomic E-state index is -0.0212. The molecule has 0 atom stereocenters. The molecule has 0 spiro atoms. The Morgan fingerprint density at radius 2 is 0.955 bits per heavy atom. The van der Waals surface area contributed by atoms with Crippen molar-refractivity contribution in [3.8, 4) is 45.3 Å². The number of rotatable bonds is 2. The van der Waals surface area contributed by atoms with Gasteiger partial charge in [0, 0.05) is 23.3 Å². The van der Waals surface area contributed by atoms with E-state index in [1.807, 2.05) is 24.3 Å². The van der Waals surface area contributed by atoms with E-state index in [9.17, 15) is 20.4 Å². The SMILES string of the molecule is Oc1ccc(-c2cccc(-c3ccc(O)cc3O)c2)c(O)c1. The Hall–Kier alpha value is -3.14. The summed E-state index contributed by atoms with van der Waals surface area (Å²) in [5.41, 5.74) is 2.67. The molecule has 0 aromatic heterocycles. The van der Waals surface area contributed by atoms with Gasteiger partial charge in [-0.05, 0) is 41.5 Å². The monoisotopic (exact) mass is 294 g/mol. The molecule has 4 N–H and O–H groups in total. The summed E-state index contributed by atoms with van der Waals surface area (Å²) < 4.78 is 0. The predicted octanol–water partition coefficient (Wildman–Crippen LogP) is 3.84. The summed E-state index contributed by atoms with van der Waals surface area (Å²) in [4.78, 5) is 0. The summed E-state index contributed by atoms with van der Waals surface area (Å²) in [5, 5.41) is 38.6. The van der Waals surface area contributed by atoms with Gasteiger partial charge in [0.15, 0.2) is 0 Å². The van der Waals surface area contributed by atoms with Gasteiger partial charge in [-0.3, -0.25) is 0 Å². The molecule has 22 heavy (non-hydrogen) atoms.